The summed E-state index contributed by atoms with van der Waals surface area (Å²) in [6, 6.07) is 0. The van der Waals surface area contributed by atoms with Crippen LogP contribution in [0.4, 0.5) is 0 Å². The summed E-state index contributed by atoms with van der Waals surface area (Å²) >= 11 is 0. The van der Waals surface area contributed by atoms with Crippen LogP contribution in [0.25, 0.3) is 0 Å². The molecule has 6 heteroatoms. The largest absolute Gasteiger partial charge is 0.361 e. The normalized spacial score (nSPS) is 10.9. The minimum atomic E-state index is 0.547. The lowest BCUT2D eigenvalue weighted by atomic mass is 10.2. The van der Waals surface area contributed by atoms with Crippen LogP contribution in [0, 0.1) is 20.8 Å². The van der Waals surface area contributed by atoms with Crippen molar-refractivity contribution in [2.75, 3.05) is 0 Å². The Hall–Kier alpha value is -1.69. The van der Waals surface area contributed by atoms with E-state index in [1.54, 1.807) is 6.92 Å². The fourth-order valence-electron chi connectivity index (χ4n) is 1.46. The van der Waals surface area contributed by atoms with Gasteiger partial charge in [0.2, 0.25) is 5.89 Å². The third-order valence-electron chi connectivity index (χ3n) is 2.33. The average molecular weight is 222 g/mol. The van der Waals surface area contributed by atoms with E-state index in [0.717, 1.165) is 17.0 Å². The SMILES string of the molecule is Cc1noc(CNCc2c(C)noc2C)n1. The van der Waals surface area contributed by atoms with Crippen molar-refractivity contribution in [1.82, 2.24) is 20.6 Å². The van der Waals surface area contributed by atoms with E-state index < -0.39 is 0 Å². The summed E-state index contributed by atoms with van der Waals surface area (Å²) in [6.07, 6.45) is 0. The first-order chi connectivity index (χ1) is 7.66. The van der Waals surface area contributed by atoms with Crippen molar-refractivity contribution >= 4 is 0 Å². The predicted octanol–water partition coefficient (Wildman–Crippen LogP) is 1.27. The third-order valence-corrected chi connectivity index (χ3v) is 2.33. The number of aromatic nitrogens is 3. The Morgan fingerprint density at radius 1 is 1.06 bits per heavy atom. The summed E-state index contributed by atoms with van der Waals surface area (Å²) < 4.78 is 10.0. The molecule has 0 spiro atoms. The van der Waals surface area contributed by atoms with Crippen molar-refractivity contribution in [3.05, 3.63) is 28.7 Å². The Morgan fingerprint density at radius 3 is 2.44 bits per heavy atom. The zero-order valence-corrected chi connectivity index (χ0v) is 9.57. The van der Waals surface area contributed by atoms with Crippen LogP contribution in [-0.2, 0) is 13.1 Å². The van der Waals surface area contributed by atoms with Gasteiger partial charge in [-0.2, -0.15) is 4.98 Å². The van der Waals surface area contributed by atoms with Crippen molar-refractivity contribution in [1.29, 1.82) is 0 Å². The zero-order chi connectivity index (χ0) is 11.5. The fraction of sp³-hybridized carbons (Fsp3) is 0.500. The molecular formula is C10H14N4O2. The van der Waals surface area contributed by atoms with Gasteiger partial charge in [0.15, 0.2) is 5.82 Å². The van der Waals surface area contributed by atoms with Gasteiger partial charge in [0.05, 0.1) is 12.2 Å². The van der Waals surface area contributed by atoms with Crippen LogP contribution < -0.4 is 5.32 Å². The Kier molecular flexibility index (Phi) is 3.00. The highest BCUT2D eigenvalue weighted by Gasteiger charge is 2.09. The van der Waals surface area contributed by atoms with E-state index in [-0.39, 0.29) is 0 Å². The van der Waals surface area contributed by atoms with Gasteiger partial charge in [-0.15, -0.1) is 0 Å². The van der Waals surface area contributed by atoms with Crippen LogP contribution in [0.1, 0.15) is 28.7 Å². The van der Waals surface area contributed by atoms with Crippen LogP contribution in [0.3, 0.4) is 0 Å². The number of nitrogens with one attached hydrogen (secondary N) is 1. The van der Waals surface area contributed by atoms with Gasteiger partial charge in [-0.3, -0.25) is 0 Å². The lowest BCUT2D eigenvalue weighted by Gasteiger charge is -2.00. The number of hydrogen-bond donors (Lipinski definition) is 1. The molecule has 2 aromatic heterocycles. The molecule has 0 aliphatic carbocycles. The van der Waals surface area contributed by atoms with E-state index in [9.17, 15) is 0 Å². The number of aryl methyl sites for hydroxylation is 3. The third kappa shape index (κ3) is 2.27. The molecule has 2 rings (SSSR count). The highest BCUT2D eigenvalue weighted by atomic mass is 16.5. The minimum Gasteiger partial charge on any atom is -0.361 e. The molecule has 0 saturated heterocycles. The van der Waals surface area contributed by atoms with E-state index in [1.807, 2.05) is 13.8 Å². The summed E-state index contributed by atoms with van der Waals surface area (Å²) in [5.41, 5.74) is 1.99. The second-order valence-corrected chi connectivity index (χ2v) is 3.64. The summed E-state index contributed by atoms with van der Waals surface area (Å²) in [7, 11) is 0. The molecule has 6 nitrogen and oxygen atoms in total. The van der Waals surface area contributed by atoms with Crippen LogP contribution >= 0.6 is 0 Å². The molecule has 0 saturated carbocycles. The lowest BCUT2D eigenvalue weighted by molar-refractivity contribution is 0.363. The molecule has 0 fully saturated rings. The maximum Gasteiger partial charge on any atom is 0.240 e. The first kappa shape index (κ1) is 10.8. The summed E-state index contributed by atoms with van der Waals surface area (Å²) in [5, 5.41) is 10.8. The Morgan fingerprint density at radius 2 is 1.88 bits per heavy atom. The molecule has 16 heavy (non-hydrogen) atoms. The fourth-order valence-corrected chi connectivity index (χ4v) is 1.46. The highest BCUT2D eigenvalue weighted by molar-refractivity contribution is 5.20. The van der Waals surface area contributed by atoms with E-state index in [4.69, 9.17) is 9.05 Å². The summed E-state index contributed by atoms with van der Waals surface area (Å²) in [6.45, 7) is 6.84. The highest BCUT2D eigenvalue weighted by Crippen LogP contribution is 2.11. The minimum absolute atomic E-state index is 0.547. The monoisotopic (exact) mass is 222 g/mol. The van der Waals surface area contributed by atoms with E-state index in [1.165, 1.54) is 0 Å². The smallest absolute Gasteiger partial charge is 0.240 e. The molecule has 0 aliphatic heterocycles. The second-order valence-electron chi connectivity index (χ2n) is 3.64. The molecule has 86 valence electrons. The molecular weight excluding hydrogens is 208 g/mol. The molecule has 0 atom stereocenters. The predicted molar refractivity (Wildman–Crippen MR) is 55.6 cm³/mol. The van der Waals surface area contributed by atoms with E-state index >= 15 is 0 Å². The van der Waals surface area contributed by atoms with E-state index in [0.29, 0.717) is 24.8 Å². The number of rotatable bonds is 4. The summed E-state index contributed by atoms with van der Waals surface area (Å²) in [4.78, 5) is 4.10. The second kappa shape index (κ2) is 4.44. The van der Waals surface area contributed by atoms with Crippen molar-refractivity contribution in [2.24, 2.45) is 0 Å². The van der Waals surface area contributed by atoms with E-state index in [2.05, 4.69) is 20.6 Å². The number of hydrogen-bond acceptors (Lipinski definition) is 6. The average Bonchev–Trinajstić information content (AvgIpc) is 2.78. The van der Waals surface area contributed by atoms with Crippen molar-refractivity contribution in [2.45, 2.75) is 33.9 Å². The first-order valence-electron chi connectivity index (χ1n) is 5.08. The standard InChI is InChI=1S/C10H14N4O2/c1-6-9(7(2)15-13-6)4-11-5-10-12-8(3)14-16-10/h11H,4-5H2,1-3H3. The number of nitrogens with zero attached hydrogens (tertiary/aromatic N) is 3. The molecule has 0 radical (unpaired) electrons. The van der Waals surface area contributed by atoms with Crippen LogP contribution in [0.5, 0.6) is 0 Å². The summed E-state index contributed by atoms with van der Waals surface area (Å²) in [5.74, 6) is 2.07. The van der Waals surface area contributed by atoms with Gasteiger partial charge in [0.25, 0.3) is 0 Å². The molecule has 2 heterocycles. The van der Waals surface area contributed by atoms with Crippen molar-refractivity contribution < 1.29 is 9.05 Å². The molecule has 2 aromatic rings. The molecule has 0 aliphatic rings. The Bertz CT molecular complexity index is 455. The molecule has 1 N–H and O–H groups in total. The lowest BCUT2D eigenvalue weighted by Crippen LogP contribution is -2.13. The van der Waals surface area contributed by atoms with Gasteiger partial charge in [-0.05, 0) is 20.8 Å². The zero-order valence-electron chi connectivity index (χ0n) is 9.57. The van der Waals surface area contributed by atoms with Crippen LogP contribution in [0.15, 0.2) is 9.05 Å². The van der Waals surface area contributed by atoms with Gasteiger partial charge >= 0.3 is 0 Å². The molecule has 0 bridgehead atoms. The van der Waals surface area contributed by atoms with Gasteiger partial charge in [0, 0.05) is 12.1 Å². The molecule has 0 aromatic carbocycles. The van der Waals surface area contributed by atoms with Crippen LogP contribution in [-0.4, -0.2) is 15.3 Å². The maximum atomic E-state index is 5.06. The topological polar surface area (TPSA) is 77.0 Å². The van der Waals surface area contributed by atoms with Crippen LogP contribution in [0.2, 0.25) is 0 Å². The van der Waals surface area contributed by atoms with Gasteiger partial charge < -0.3 is 14.4 Å². The maximum absolute atomic E-state index is 5.06. The van der Waals surface area contributed by atoms with Crippen molar-refractivity contribution in [3.8, 4) is 0 Å². The molecule has 0 amide bonds. The quantitative estimate of drug-likeness (QED) is 0.839. The first-order valence-corrected chi connectivity index (χ1v) is 5.08. The van der Waals surface area contributed by atoms with Gasteiger partial charge in [-0.25, -0.2) is 0 Å². The van der Waals surface area contributed by atoms with Gasteiger partial charge in [0.1, 0.15) is 5.76 Å². The molecule has 0 unspecified atom stereocenters. The Labute approximate surface area is 93.0 Å². The van der Waals surface area contributed by atoms with Crippen molar-refractivity contribution in [3.63, 3.8) is 0 Å². The van der Waals surface area contributed by atoms with Gasteiger partial charge in [-0.1, -0.05) is 10.3 Å². The Balaban J connectivity index is 1.89.